The highest BCUT2D eigenvalue weighted by Gasteiger charge is 2.40. The Morgan fingerprint density at radius 1 is 1.32 bits per heavy atom. The highest BCUT2D eigenvalue weighted by Crippen LogP contribution is 2.23. The minimum Gasteiger partial charge on any atom is -0.479 e. The molecule has 5 heteroatoms. The van der Waals surface area contributed by atoms with Gasteiger partial charge in [-0.15, -0.1) is 0 Å². The number of hydrogen-bond acceptors (Lipinski definition) is 2. The van der Waals surface area contributed by atoms with Gasteiger partial charge in [0.1, 0.15) is 5.54 Å². The predicted molar refractivity (Wildman–Crippen MR) is 76.9 cm³/mol. The molecule has 19 heavy (non-hydrogen) atoms. The number of carbonyl (C=O) groups excluding carboxylic acids is 1. The van der Waals surface area contributed by atoms with E-state index in [2.05, 4.69) is 15.9 Å². The van der Waals surface area contributed by atoms with Crippen LogP contribution in [0.5, 0.6) is 0 Å². The minimum absolute atomic E-state index is 0.232. The van der Waals surface area contributed by atoms with Crippen LogP contribution in [0.15, 0.2) is 28.7 Å². The molecule has 0 spiro atoms. The Balaban J connectivity index is 3.09. The van der Waals surface area contributed by atoms with Crippen LogP contribution >= 0.6 is 15.9 Å². The minimum atomic E-state index is -1.23. The Hall–Kier alpha value is -1.36. The number of halogens is 1. The molecule has 0 saturated heterocycles. The lowest BCUT2D eigenvalue weighted by atomic mass is 9.90. The molecule has 1 N–H and O–H groups in total. The van der Waals surface area contributed by atoms with Crippen LogP contribution in [0.2, 0.25) is 0 Å². The van der Waals surface area contributed by atoms with Crippen LogP contribution in [0.3, 0.4) is 0 Å². The summed E-state index contributed by atoms with van der Waals surface area (Å²) in [5, 5.41) is 9.50. The highest BCUT2D eigenvalue weighted by atomic mass is 79.9. The molecule has 0 saturated carbocycles. The number of carboxylic acids is 1. The van der Waals surface area contributed by atoms with Crippen LogP contribution < -0.4 is 0 Å². The molecule has 0 aliphatic carbocycles. The van der Waals surface area contributed by atoms with E-state index in [9.17, 15) is 14.7 Å². The first kappa shape index (κ1) is 15.7. The van der Waals surface area contributed by atoms with Crippen LogP contribution in [-0.2, 0) is 16.0 Å². The first-order chi connectivity index (χ1) is 8.81. The first-order valence-corrected chi connectivity index (χ1v) is 6.86. The Morgan fingerprint density at radius 2 is 1.84 bits per heavy atom. The number of nitrogens with zero attached hydrogens (tertiary/aromatic N) is 1. The summed E-state index contributed by atoms with van der Waals surface area (Å²) in [6, 6.07) is 7.45. The summed E-state index contributed by atoms with van der Waals surface area (Å²) in [5.74, 6) is -1.23. The summed E-state index contributed by atoms with van der Waals surface area (Å²) in [6.07, 6.45) is 0.281. The molecule has 0 heterocycles. The molecule has 1 rings (SSSR count). The maximum atomic E-state index is 11.6. The van der Waals surface area contributed by atoms with E-state index in [-0.39, 0.29) is 12.3 Å². The standard InChI is InChI=1S/C14H18BrNO3/c1-4-16(10(2)17)14(3,13(18)19)9-11-5-7-12(15)8-6-11/h5-8H,4,9H2,1-3H3,(H,18,19). The average molecular weight is 328 g/mol. The van der Waals surface area contributed by atoms with E-state index >= 15 is 0 Å². The zero-order valence-electron chi connectivity index (χ0n) is 11.3. The van der Waals surface area contributed by atoms with Gasteiger partial charge in [-0.05, 0) is 31.5 Å². The lowest BCUT2D eigenvalue weighted by molar-refractivity contribution is -0.157. The van der Waals surface area contributed by atoms with E-state index in [4.69, 9.17) is 0 Å². The van der Waals surface area contributed by atoms with Gasteiger partial charge in [-0.1, -0.05) is 28.1 Å². The number of amides is 1. The van der Waals surface area contributed by atoms with Crippen molar-refractivity contribution in [3.63, 3.8) is 0 Å². The third-order valence-electron chi connectivity index (χ3n) is 3.21. The average Bonchev–Trinajstić information content (AvgIpc) is 2.32. The number of rotatable bonds is 5. The van der Waals surface area contributed by atoms with Gasteiger partial charge < -0.3 is 10.0 Å². The van der Waals surface area contributed by atoms with Crippen molar-refractivity contribution in [1.29, 1.82) is 0 Å². The van der Waals surface area contributed by atoms with Gasteiger partial charge in [-0.2, -0.15) is 0 Å². The van der Waals surface area contributed by atoms with Crippen molar-refractivity contribution in [3.8, 4) is 0 Å². The number of aliphatic carboxylic acids is 1. The lowest BCUT2D eigenvalue weighted by Crippen LogP contribution is -2.55. The van der Waals surface area contributed by atoms with Crippen molar-refractivity contribution in [2.24, 2.45) is 0 Å². The van der Waals surface area contributed by atoms with Crippen molar-refractivity contribution >= 4 is 27.8 Å². The second-order valence-electron chi connectivity index (χ2n) is 4.65. The van der Waals surface area contributed by atoms with Crippen LogP contribution in [-0.4, -0.2) is 34.0 Å². The van der Waals surface area contributed by atoms with E-state index in [1.165, 1.54) is 11.8 Å². The second kappa shape index (κ2) is 6.19. The molecule has 0 bridgehead atoms. The summed E-state index contributed by atoms with van der Waals surface area (Å²) in [5.41, 5.74) is -0.346. The van der Waals surface area contributed by atoms with Crippen LogP contribution in [0, 0.1) is 0 Å². The fraction of sp³-hybridized carbons (Fsp3) is 0.429. The normalized spacial score (nSPS) is 13.7. The van der Waals surface area contributed by atoms with Crippen molar-refractivity contribution in [2.45, 2.75) is 32.7 Å². The molecule has 1 unspecified atom stereocenters. The van der Waals surface area contributed by atoms with Crippen LogP contribution in [0.4, 0.5) is 0 Å². The third-order valence-corrected chi connectivity index (χ3v) is 3.74. The fourth-order valence-corrected chi connectivity index (χ4v) is 2.47. The number of hydrogen-bond donors (Lipinski definition) is 1. The summed E-state index contributed by atoms with van der Waals surface area (Å²) in [4.78, 5) is 24.6. The van der Waals surface area contributed by atoms with E-state index < -0.39 is 11.5 Å². The van der Waals surface area contributed by atoms with Gasteiger partial charge >= 0.3 is 5.97 Å². The predicted octanol–water partition coefficient (Wildman–Crippen LogP) is 2.70. The SMILES string of the molecule is CCN(C(C)=O)C(C)(Cc1ccc(Br)cc1)C(=O)O. The van der Waals surface area contributed by atoms with Gasteiger partial charge in [0.05, 0.1) is 0 Å². The summed E-state index contributed by atoms with van der Waals surface area (Å²) in [6.45, 7) is 5.13. The van der Waals surface area contributed by atoms with E-state index in [1.54, 1.807) is 13.8 Å². The molecule has 0 fully saturated rings. The molecule has 1 aromatic carbocycles. The number of benzene rings is 1. The Kier molecular flexibility index (Phi) is 5.11. The monoisotopic (exact) mass is 327 g/mol. The highest BCUT2D eigenvalue weighted by molar-refractivity contribution is 9.10. The smallest absolute Gasteiger partial charge is 0.329 e. The lowest BCUT2D eigenvalue weighted by Gasteiger charge is -2.36. The number of carboxylic acid groups (broad SMARTS) is 1. The van der Waals surface area contributed by atoms with E-state index in [0.29, 0.717) is 6.54 Å². The Labute approximate surface area is 121 Å². The zero-order valence-corrected chi connectivity index (χ0v) is 12.9. The second-order valence-corrected chi connectivity index (χ2v) is 5.56. The maximum Gasteiger partial charge on any atom is 0.329 e. The van der Waals surface area contributed by atoms with Gasteiger partial charge in [0, 0.05) is 24.4 Å². The maximum absolute atomic E-state index is 11.6. The Bertz CT molecular complexity index is 472. The van der Waals surface area contributed by atoms with Gasteiger partial charge in [0.2, 0.25) is 5.91 Å². The third kappa shape index (κ3) is 3.56. The molecule has 0 aliphatic heterocycles. The van der Waals surface area contributed by atoms with Crippen molar-refractivity contribution < 1.29 is 14.7 Å². The van der Waals surface area contributed by atoms with Crippen molar-refractivity contribution in [3.05, 3.63) is 34.3 Å². The van der Waals surface area contributed by atoms with Crippen molar-refractivity contribution in [1.82, 2.24) is 4.90 Å². The molecular formula is C14H18BrNO3. The summed E-state index contributed by atoms with van der Waals surface area (Å²) < 4.78 is 0.937. The van der Waals surface area contributed by atoms with Gasteiger partial charge in [-0.25, -0.2) is 4.79 Å². The molecule has 1 amide bonds. The molecule has 4 nitrogen and oxygen atoms in total. The van der Waals surface area contributed by atoms with E-state index in [0.717, 1.165) is 10.0 Å². The Morgan fingerprint density at radius 3 is 2.21 bits per heavy atom. The quantitative estimate of drug-likeness (QED) is 0.904. The largest absolute Gasteiger partial charge is 0.479 e. The summed E-state index contributed by atoms with van der Waals surface area (Å²) >= 11 is 3.34. The molecule has 1 aromatic rings. The van der Waals surface area contributed by atoms with Gasteiger partial charge in [0.15, 0.2) is 0 Å². The first-order valence-electron chi connectivity index (χ1n) is 6.07. The molecule has 0 aromatic heterocycles. The molecule has 104 valence electrons. The number of likely N-dealkylation sites (N-methyl/N-ethyl adjacent to an activating group) is 1. The molecule has 1 atom stereocenters. The summed E-state index contributed by atoms with van der Waals surface area (Å²) in [7, 11) is 0. The molecule has 0 aliphatic rings. The number of carbonyl (C=O) groups is 2. The zero-order chi connectivity index (χ0) is 14.6. The van der Waals surface area contributed by atoms with E-state index in [1.807, 2.05) is 24.3 Å². The topological polar surface area (TPSA) is 57.6 Å². The van der Waals surface area contributed by atoms with Gasteiger partial charge in [0.25, 0.3) is 0 Å². The molecule has 0 radical (unpaired) electrons. The van der Waals surface area contributed by atoms with Crippen LogP contribution in [0.1, 0.15) is 26.3 Å². The van der Waals surface area contributed by atoms with Gasteiger partial charge in [-0.3, -0.25) is 4.79 Å². The van der Waals surface area contributed by atoms with Crippen LogP contribution in [0.25, 0.3) is 0 Å². The fourth-order valence-electron chi connectivity index (χ4n) is 2.21. The van der Waals surface area contributed by atoms with Crippen molar-refractivity contribution in [2.75, 3.05) is 6.54 Å². The molecular weight excluding hydrogens is 310 g/mol.